The first-order chi connectivity index (χ1) is 4.12. The van der Waals surface area contributed by atoms with Gasteiger partial charge in [0.1, 0.15) is 0 Å². The lowest BCUT2D eigenvalue weighted by atomic mass is 10.0. The summed E-state index contributed by atoms with van der Waals surface area (Å²) in [7, 11) is 1.85. The molecular weight excluding hydrogens is 114 g/mol. The Morgan fingerprint density at radius 3 is 2.44 bits per heavy atom. The summed E-state index contributed by atoms with van der Waals surface area (Å²) in [6.07, 6.45) is 1.91. The fourth-order valence-corrected chi connectivity index (χ4v) is 1.01. The highest BCUT2D eigenvalue weighted by Crippen LogP contribution is 2.09. The van der Waals surface area contributed by atoms with Crippen LogP contribution in [0.4, 0.5) is 0 Å². The highest BCUT2D eigenvalue weighted by atomic mass is 16.3. The van der Waals surface area contributed by atoms with Crippen molar-refractivity contribution in [2.24, 2.45) is 0 Å². The fourth-order valence-electron chi connectivity index (χ4n) is 1.01. The van der Waals surface area contributed by atoms with Crippen molar-refractivity contribution < 1.29 is 5.11 Å². The lowest BCUT2D eigenvalue weighted by Crippen LogP contribution is -2.35. The van der Waals surface area contributed by atoms with Gasteiger partial charge in [-0.25, -0.2) is 0 Å². The van der Waals surface area contributed by atoms with Gasteiger partial charge in [0.25, 0.3) is 0 Å². The molecule has 9 heavy (non-hydrogen) atoms. The van der Waals surface area contributed by atoms with Crippen LogP contribution in [0, 0.1) is 0 Å². The molecular formula is C7H17NO. The summed E-state index contributed by atoms with van der Waals surface area (Å²) < 4.78 is 0. The summed E-state index contributed by atoms with van der Waals surface area (Å²) in [6, 6.07) is 0. The maximum Gasteiger partial charge on any atom is 0.0743 e. The second-order valence-corrected chi connectivity index (χ2v) is 2.78. The minimum Gasteiger partial charge on any atom is -0.389 e. The van der Waals surface area contributed by atoms with E-state index in [-0.39, 0.29) is 0 Å². The van der Waals surface area contributed by atoms with Crippen molar-refractivity contribution in [1.82, 2.24) is 5.32 Å². The van der Waals surface area contributed by atoms with Gasteiger partial charge in [0.15, 0.2) is 0 Å². The molecule has 0 saturated heterocycles. The summed E-state index contributed by atoms with van der Waals surface area (Å²) >= 11 is 0. The van der Waals surface area contributed by atoms with E-state index in [1.54, 1.807) is 0 Å². The Kier molecular flexibility index (Phi) is 3.82. The van der Waals surface area contributed by atoms with Gasteiger partial charge in [-0.3, -0.25) is 0 Å². The van der Waals surface area contributed by atoms with E-state index >= 15 is 0 Å². The van der Waals surface area contributed by atoms with Crippen molar-refractivity contribution in [3.8, 4) is 0 Å². The van der Waals surface area contributed by atoms with Gasteiger partial charge < -0.3 is 10.4 Å². The second kappa shape index (κ2) is 3.85. The van der Waals surface area contributed by atoms with Gasteiger partial charge in [0, 0.05) is 6.54 Å². The summed E-state index contributed by atoms with van der Waals surface area (Å²) in [5.41, 5.74) is -0.510. The largest absolute Gasteiger partial charge is 0.389 e. The Morgan fingerprint density at radius 1 is 1.56 bits per heavy atom. The fraction of sp³-hybridized carbons (Fsp3) is 1.00. The van der Waals surface area contributed by atoms with E-state index in [2.05, 4.69) is 12.2 Å². The maximum absolute atomic E-state index is 9.45. The predicted molar refractivity (Wildman–Crippen MR) is 39.5 cm³/mol. The zero-order chi connectivity index (χ0) is 7.33. The van der Waals surface area contributed by atoms with Crippen molar-refractivity contribution in [1.29, 1.82) is 0 Å². The Labute approximate surface area is 57.3 Å². The molecule has 0 bridgehead atoms. The summed E-state index contributed by atoms with van der Waals surface area (Å²) in [5, 5.41) is 12.4. The number of likely N-dealkylation sites (N-methyl/N-ethyl adjacent to an activating group) is 1. The molecule has 0 saturated carbocycles. The van der Waals surface area contributed by atoms with Gasteiger partial charge in [-0.05, 0) is 20.4 Å². The van der Waals surface area contributed by atoms with E-state index in [1.807, 2.05) is 14.0 Å². The molecule has 0 aliphatic carbocycles. The van der Waals surface area contributed by atoms with Gasteiger partial charge in [0.05, 0.1) is 5.60 Å². The smallest absolute Gasteiger partial charge is 0.0743 e. The first kappa shape index (κ1) is 8.92. The summed E-state index contributed by atoms with van der Waals surface area (Å²) in [5.74, 6) is 0. The van der Waals surface area contributed by atoms with E-state index in [0.717, 1.165) is 12.8 Å². The topological polar surface area (TPSA) is 32.3 Å². The standard InChI is InChI=1S/C7H17NO/c1-4-5-7(2,9)6-8-3/h8-9H,4-6H2,1-3H3. The molecule has 0 heterocycles. The van der Waals surface area contributed by atoms with Gasteiger partial charge in [-0.1, -0.05) is 13.3 Å². The summed E-state index contributed by atoms with van der Waals surface area (Å²) in [6.45, 7) is 4.61. The highest BCUT2D eigenvalue weighted by molar-refractivity contribution is 4.72. The monoisotopic (exact) mass is 131 g/mol. The van der Waals surface area contributed by atoms with Crippen LogP contribution in [0.2, 0.25) is 0 Å². The zero-order valence-corrected chi connectivity index (χ0v) is 6.57. The van der Waals surface area contributed by atoms with E-state index in [9.17, 15) is 5.11 Å². The third-order valence-corrected chi connectivity index (χ3v) is 1.35. The molecule has 2 nitrogen and oxygen atoms in total. The van der Waals surface area contributed by atoms with Gasteiger partial charge in [-0.2, -0.15) is 0 Å². The van der Waals surface area contributed by atoms with Gasteiger partial charge >= 0.3 is 0 Å². The molecule has 2 heteroatoms. The van der Waals surface area contributed by atoms with Crippen LogP contribution in [0.15, 0.2) is 0 Å². The van der Waals surface area contributed by atoms with Crippen LogP contribution in [0.1, 0.15) is 26.7 Å². The molecule has 0 aromatic rings. The van der Waals surface area contributed by atoms with Gasteiger partial charge in [0.2, 0.25) is 0 Å². The van der Waals surface area contributed by atoms with Crippen LogP contribution < -0.4 is 5.32 Å². The van der Waals surface area contributed by atoms with Crippen LogP contribution in [0.25, 0.3) is 0 Å². The SMILES string of the molecule is CCCC(C)(O)CNC. The van der Waals surface area contributed by atoms with Crippen LogP contribution >= 0.6 is 0 Å². The van der Waals surface area contributed by atoms with E-state index in [1.165, 1.54) is 0 Å². The normalized spacial score (nSPS) is 17.3. The lowest BCUT2D eigenvalue weighted by molar-refractivity contribution is 0.0521. The zero-order valence-electron chi connectivity index (χ0n) is 6.57. The molecule has 0 rings (SSSR count). The molecule has 0 fully saturated rings. The molecule has 0 spiro atoms. The van der Waals surface area contributed by atoms with Crippen LogP contribution in [-0.4, -0.2) is 24.3 Å². The first-order valence-corrected chi connectivity index (χ1v) is 3.49. The third kappa shape index (κ3) is 4.43. The third-order valence-electron chi connectivity index (χ3n) is 1.35. The van der Waals surface area contributed by atoms with E-state index < -0.39 is 5.60 Å². The maximum atomic E-state index is 9.45. The van der Waals surface area contributed by atoms with Crippen molar-refractivity contribution >= 4 is 0 Å². The molecule has 0 aliphatic heterocycles. The number of hydrogen-bond acceptors (Lipinski definition) is 2. The molecule has 0 aromatic heterocycles. The quantitative estimate of drug-likeness (QED) is 0.590. The van der Waals surface area contributed by atoms with Crippen LogP contribution in [0.3, 0.4) is 0 Å². The van der Waals surface area contributed by atoms with E-state index in [0.29, 0.717) is 6.54 Å². The number of hydrogen-bond donors (Lipinski definition) is 2. The lowest BCUT2D eigenvalue weighted by Gasteiger charge is -2.21. The Hall–Kier alpha value is -0.0800. The second-order valence-electron chi connectivity index (χ2n) is 2.78. The number of aliphatic hydroxyl groups is 1. The minimum atomic E-state index is -0.510. The van der Waals surface area contributed by atoms with Crippen molar-refractivity contribution in [2.75, 3.05) is 13.6 Å². The molecule has 1 unspecified atom stereocenters. The Bertz CT molecular complexity index is 63.3. The first-order valence-electron chi connectivity index (χ1n) is 3.49. The molecule has 1 atom stereocenters. The predicted octanol–water partition coefficient (Wildman–Crippen LogP) is 0.757. The number of nitrogens with one attached hydrogen (secondary N) is 1. The minimum absolute atomic E-state index is 0.510. The molecule has 2 N–H and O–H groups in total. The highest BCUT2D eigenvalue weighted by Gasteiger charge is 2.16. The summed E-state index contributed by atoms with van der Waals surface area (Å²) in [4.78, 5) is 0. The Balaban J connectivity index is 3.43. The molecule has 56 valence electrons. The molecule has 0 aliphatic rings. The molecule has 0 radical (unpaired) electrons. The van der Waals surface area contributed by atoms with Crippen LogP contribution in [-0.2, 0) is 0 Å². The average molecular weight is 131 g/mol. The van der Waals surface area contributed by atoms with Crippen molar-refractivity contribution in [3.05, 3.63) is 0 Å². The molecule has 0 aromatic carbocycles. The van der Waals surface area contributed by atoms with Crippen molar-refractivity contribution in [3.63, 3.8) is 0 Å². The van der Waals surface area contributed by atoms with E-state index in [4.69, 9.17) is 0 Å². The van der Waals surface area contributed by atoms with Crippen molar-refractivity contribution in [2.45, 2.75) is 32.3 Å². The van der Waals surface area contributed by atoms with Crippen LogP contribution in [0.5, 0.6) is 0 Å². The number of rotatable bonds is 4. The molecule has 0 amide bonds. The van der Waals surface area contributed by atoms with Gasteiger partial charge in [-0.15, -0.1) is 0 Å². The average Bonchev–Trinajstić information content (AvgIpc) is 1.64. The Morgan fingerprint density at radius 2 is 2.11 bits per heavy atom.